The van der Waals surface area contributed by atoms with E-state index in [0.29, 0.717) is 13.0 Å². The van der Waals surface area contributed by atoms with E-state index in [9.17, 15) is 13.2 Å². The van der Waals surface area contributed by atoms with Gasteiger partial charge in [0, 0.05) is 11.4 Å². The normalized spacial score (nSPS) is 12.4. The minimum Gasteiger partial charge on any atom is -0.298 e. The lowest BCUT2D eigenvalue weighted by molar-refractivity contribution is -0.142. The van der Waals surface area contributed by atoms with E-state index in [4.69, 9.17) is 0 Å². The number of halogens is 3. The molecule has 0 radical (unpaired) electrons. The van der Waals surface area contributed by atoms with Crippen LogP contribution < -0.4 is 0 Å². The lowest BCUT2D eigenvalue weighted by Crippen LogP contribution is -2.32. The van der Waals surface area contributed by atoms with Gasteiger partial charge in [-0.1, -0.05) is 0 Å². The van der Waals surface area contributed by atoms with Crippen molar-refractivity contribution in [3.8, 4) is 0 Å². The second-order valence-corrected chi connectivity index (χ2v) is 4.63. The predicted octanol–water partition coefficient (Wildman–Crippen LogP) is 3.09. The topological polar surface area (TPSA) is 3.24 Å². The maximum absolute atomic E-state index is 12.0. The number of alkyl halides is 3. The Morgan fingerprint density at radius 1 is 1.40 bits per heavy atom. The summed E-state index contributed by atoms with van der Waals surface area (Å²) in [7, 11) is 1.50. The molecule has 0 amide bonds. The maximum Gasteiger partial charge on any atom is 0.401 e. The van der Waals surface area contributed by atoms with Gasteiger partial charge in [-0.2, -0.15) is 13.2 Å². The zero-order valence-electron chi connectivity index (χ0n) is 8.77. The SMILES string of the molecule is Cc1ccsc1CCN(C)CC(F)(F)F. The number of nitrogens with zero attached hydrogens (tertiary/aromatic N) is 1. The fourth-order valence-corrected chi connectivity index (χ4v) is 2.24. The van der Waals surface area contributed by atoms with Crippen molar-refractivity contribution in [3.63, 3.8) is 0 Å². The molecular weight excluding hydrogens is 223 g/mol. The van der Waals surface area contributed by atoms with Crippen molar-refractivity contribution in [1.29, 1.82) is 0 Å². The Hall–Kier alpha value is -0.550. The maximum atomic E-state index is 12.0. The molecule has 0 unspecified atom stereocenters. The number of likely N-dealkylation sites (N-methyl/N-ethyl adjacent to an activating group) is 1. The van der Waals surface area contributed by atoms with Crippen LogP contribution in [0.2, 0.25) is 0 Å². The first-order chi connectivity index (χ1) is 6.88. The molecular formula is C10H14F3NS. The smallest absolute Gasteiger partial charge is 0.298 e. The molecule has 1 aromatic heterocycles. The standard InChI is InChI=1S/C10H14F3NS/c1-8-4-6-15-9(8)3-5-14(2)7-10(11,12)13/h4,6H,3,5,7H2,1-2H3. The molecule has 0 spiro atoms. The molecule has 0 N–H and O–H groups in total. The van der Waals surface area contributed by atoms with Crippen molar-refractivity contribution in [2.45, 2.75) is 19.5 Å². The Morgan fingerprint density at radius 2 is 2.07 bits per heavy atom. The molecule has 0 atom stereocenters. The lowest BCUT2D eigenvalue weighted by atomic mass is 10.2. The van der Waals surface area contributed by atoms with E-state index in [1.54, 1.807) is 11.3 Å². The monoisotopic (exact) mass is 237 g/mol. The molecule has 0 fully saturated rings. The van der Waals surface area contributed by atoms with Crippen LogP contribution in [0, 0.1) is 6.92 Å². The molecule has 0 aliphatic carbocycles. The zero-order valence-corrected chi connectivity index (χ0v) is 9.58. The Bertz CT molecular complexity index is 306. The summed E-state index contributed by atoms with van der Waals surface area (Å²) in [6.45, 7) is 1.59. The quantitative estimate of drug-likeness (QED) is 0.777. The second kappa shape index (κ2) is 4.99. The third-order valence-corrected chi connectivity index (χ3v) is 3.22. The first-order valence-electron chi connectivity index (χ1n) is 4.67. The van der Waals surface area contributed by atoms with Gasteiger partial charge in [0.05, 0.1) is 6.54 Å². The van der Waals surface area contributed by atoms with Crippen LogP contribution in [0.15, 0.2) is 11.4 Å². The minimum absolute atomic E-state index is 0.445. The molecule has 1 aromatic rings. The van der Waals surface area contributed by atoms with E-state index in [-0.39, 0.29) is 0 Å². The Labute approximate surface area is 91.5 Å². The summed E-state index contributed by atoms with van der Waals surface area (Å²) in [4.78, 5) is 2.48. The second-order valence-electron chi connectivity index (χ2n) is 3.63. The molecule has 0 aliphatic rings. The predicted molar refractivity (Wildman–Crippen MR) is 56.3 cm³/mol. The van der Waals surface area contributed by atoms with Gasteiger partial charge in [-0.3, -0.25) is 4.90 Å². The molecule has 1 rings (SSSR count). The van der Waals surface area contributed by atoms with Gasteiger partial charge in [-0.15, -0.1) is 11.3 Å². The van der Waals surface area contributed by atoms with Crippen molar-refractivity contribution in [2.24, 2.45) is 0 Å². The van der Waals surface area contributed by atoms with Crippen LogP contribution in [0.1, 0.15) is 10.4 Å². The van der Waals surface area contributed by atoms with Crippen LogP contribution in [0.4, 0.5) is 13.2 Å². The van der Waals surface area contributed by atoms with Gasteiger partial charge in [0.15, 0.2) is 0 Å². The number of thiophene rings is 1. The summed E-state index contributed by atoms with van der Waals surface area (Å²) < 4.78 is 36.0. The van der Waals surface area contributed by atoms with Gasteiger partial charge in [0.25, 0.3) is 0 Å². The van der Waals surface area contributed by atoms with E-state index in [0.717, 1.165) is 0 Å². The summed E-state index contributed by atoms with van der Waals surface area (Å²) in [5, 5.41) is 1.97. The Morgan fingerprint density at radius 3 is 2.53 bits per heavy atom. The van der Waals surface area contributed by atoms with E-state index in [1.807, 2.05) is 18.4 Å². The van der Waals surface area contributed by atoms with Crippen LogP contribution in [0.5, 0.6) is 0 Å². The third-order valence-electron chi connectivity index (χ3n) is 2.14. The Kier molecular flexibility index (Phi) is 4.16. The van der Waals surface area contributed by atoms with E-state index >= 15 is 0 Å². The number of rotatable bonds is 4. The summed E-state index contributed by atoms with van der Waals surface area (Å²) in [5.41, 5.74) is 1.17. The van der Waals surface area contributed by atoms with E-state index in [1.165, 1.54) is 22.4 Å². The van der Waals surface area contributed by atoms with Crippen LogP contribution in [-0.4, -0.2) is 31.2 Å². The van der Waals surface area contributed by atoms with Gasteiger partial charge in [-0.05, 0) is 37.4 Å². The van der Waals surface area contributed by atoms with Crippen molar-refractivity contribution in [2.75, 3.05) is 20.1 Å². The Balaban J connectivity index is 2.35. The first kappa shape index (κ1) is 12.5. The van der Waals surface area contributed by atoms with Crippen molar-refractivity contribution >= 4 is 11.3 Å². The average molecular weight is 237 g/mol. The van der Waals surface area contributed by atoms with Gasteiger partial charge < -0.3 is 0 Å². The number of hydrogen-bond acceptors (Lipinski definition) is 2. The van der Waals surface area contributed by atoms with Crippen molar-refractivity contribution in [3.05, 3.63) is 21.9 Å². The molecule has 1 heterocycles. The summed E-state index contributed by atoms with van der Waals surface area (Å²) in [6, 6.07) is 1.99. The molecule has 0 aliphatic heterocycles. The molecule has 0 aromatic carbocycles. The summed E-state index contributed by atoms with van der Waals surface area (Å²) >= 11 is 1.60. The highest BCUT2D eigenvalue weighted by atomic mass is 32.1. The van der Waals surface area contributed by atoms with Crippen LogP contribution in [0.25, 0.3) is 0 Å². The third kappa shape index (κ3) is 4.66. The zero-order chi connectivity index (χ0) is 11.5. The molecule has 0 saturated heterocycles. The van der Waals surface area contributed by atoms with E-state index in [2.05, 4.69) is 0 Å². The van der Waals surface area contributed by atoms with Crippen LogP contribution >= 0.6 is 11.3 Å². The van der Waals surface area contributed by atoms with Gasteiger partial charge in [0.1, 0.15) is 0 Å². The van der Waals surface area contributed by atoms with Crippen molar-refractivity contribution in [1.82, 2.24) is 4.90 Å². The van der Waals surface area contributed by atoms with E-state index < -0.39 is 12.7 Å². The molecule has 1 nitrogen and oxygen atoms in total. The molecule has 86 valence electrons. The molecule has 0 bridgehead atoms. The number of aryl methyl sites for hydroxylation is 1. The minimum atomic E-state index is -4.10. The van der Waals surface area contributed by atoms with Gasteiger partial charge in [-0.25, -0.2) is 0 Å². The summed E-state index contributed by atoms with van der Waals surface area (Å²) in [5.74, 6) is 0. The highest BCUT2D eigenvalue weighted by Gasteiger charge is 2.28. The van der Waals surface area contributed by atoms with Gasteiger partial charge >= 0.3 is 6.18 Å². The van der Waals surface area contributed by atoms with Gasteiger partial charge in [0.2, 0.25) is 0 Å². The van der Waals surface area contributed by atoms with Crippen molar-refractivity contribution < 1.29 is 13.2 Å². The fourth-order valence-electron chi connectivity index (χ4n) is 1.34. The largest absolute Gasteiger partial charge is 0.401 e. The first-order valence-corrected chi connectivity index (χ1v) is 5.55. The van der Waals surface area contributed by atoms with Crippen LogP contribution in [0.3, 0.4) is 0 Å². The highest BCUT2D eigenvalue weighted by molar-refractivity contribution is 7.10. The highest BCUT2D eigenvalue weighted by Crippen LogP contribution is 2.18. The number of hydrogen-bond donors (Lipinski definition) is 0. The fraction of sp³-hybridized carbons (Fsp3) is 0.600. The molecule has 5 heteroatoms. The summed E-state index contributed by atoms with van der Waals surface area (Å²) in [6.07, 6.45) is -3.41. The molecule has 15 heavy (non-hydrogen) atoms. The lowest BCUT2D eigenvalue weighted by Gasteiger charge is -2.18. The van der Waals surface area contributed by atoms with Crippen LogP contribution in [-0.2, 0) is 6.42 Å². The average Bonchev–Trinajstić information content (AvgIpc) is 2.44. The molecule has 0 saturated carbocycles.